The predicted octanol–water partition coefficient (Wildman–Crippen LogP) is 2.65. The fourth-order valence-electron chi connectivity index (χ4n) is 1.08. The second-order valence-corrected chi connectivity index (χ2v) is 2.53. The minimum Gasteiger partial charge on any atom is -0.494 e. The van der Waals surface area contributed by atoms with E-state index in [0.29, 0.717) is 0 Å². The van der Waals surface area contributed by atoms with Crippen molar-refractivity contribution >= 4 is 0 Å². The fraction of sp³-hybridized carbons (Fsp3) is 0.556. The normalized spacial score (nSPS) is 22.9. The van der Waals surface area contributed by atoms with Crippen molar-refractivity contribution in [3.63, 3.8) is 0 Å². The first kappa shape index (κ1) is 7.39. The van der Waals surface area contributed by atoms with Crippen molar-refractivity contribution < 1.29 is 4.74 Å². The number of hydrogen-bond donors (Lipinski definition) is 0. The Morgan fingerprint density at radius 1 is 1.70 bits per heavy atom. The van der Waals surface area contributed by atoms with Crippen molar-refractivity contribution in [3.05, 3.63) is 24.0 Å². The Bertz CT molecular complexity index is 156. The van der Waals surface area contributed by atoms with Crippen LogP contribution in [0.1, 0.15) is 26.2 Å². The molecule has 0 amide bonds. The molecule has 10 heavy (non-hydrogen) atoms. The Morgan fingerprint density at radius 2 is 2.50 bits per heavy atom. The van der Waals surface area contributed by atoms with Crippen LogP contribution in [0.25, 0.3) is 0 Å². The molecule has 0 spiro atoms. The van der Waals surface area contributed by atoms with Crippen LogP contribution in [0.4, 0.5) is 0 Å². The summed E-state index contributed by atoms with van der Waals surface area (Å²) in [6.07, 6.45) is 5.36. The van der Waals surface area contributed by atoms with Crippen molar-refractivity contribution in [2.45, 2.75) is 26.2 Å². The monoisotopic (exact) mass is 138 g/mol. The first-order valence-corrected chi connectivity index (χ1v) is 3.85. The maximum atomic E-state index is 5.39. The van der Waals surface area contributed by atoms with Crippen LogP contribution in [-0.4, -0.2) is 6.61 Å². The summed E-state index contributed by atoms with van der Waals surface area (Å²) in [5.41, 5.74) is 1.16. The molecule has 0 aromatic heterocycles. The molecule has 1 nitrogen and oxygen atoms in total. The van der Waals surface area contributed by atoms with E-state index in [1.807, 2.05) is 0 Å². The molecule has 1 fully saturated rings. The Kier molecular flexibility index (Phi) is 2.55. The van der Waals surface area contributed by atoms with E-state index in [1.54, 1.807) is 0 Å². The van der Waals surface area contributed by atoms with Gasteiger partial charge in [0.05, 0.1) is 6.61 Å². The molecular weight excluding hydrogens is 124 g/mol. The van der Waals surface area contributed by atoms with E-state index >= 15 is 0 Å². The number of hydrogen-bond acceptors (Lipinski definition) is 1. The largest absolute Gasteiger partial charge is 0.494 e. The standard InChI is InChI=1S/C9H14O/c1-3-5-9-8(2)6-4-7-10-9/h5H,2-4,6-7H2,1H3. The number of ether oxygens (including phenoxy) is 1. The summed E-state index contributed by atoms with van der Waals surface area (Å²) in [6.45, 7) is 6.90. The zero-order chi connectivity index (χ0) is 7.40. The molecule has 1 heteroatoms. The van der Waals surface area contributed by atoms with E-state index in [1.165, 1.54) is 0 Å². The summed E-state index contributed by atoms with van der Waals surface area (Å²) in [5, 5.41) is 0. The smallest absolute Gasteiger partial charge is 0.117 e. The molecule has 1 aliphatic rings. The lowest BCUT2D eigenvalue weighted by Gasteiger charge is -2.18. The highest BCUT2D eigenvalue weighted by atomic mass is 16.5. The van der Waals surface area contributed by atoms with Gasteiger partial charge in [-0.2, -0.15) is 0 Å². The van der Waals surface area contributed by atoms with Crippen LogP contribution in [0.15, 0.2) is 24.0 Å². The van der Waals surface area contributed by atoms with Crippen LogP contribution in [0, 0.1) is 0 Å². The second kappa shape index (κ2) is 3.45. The Morgan fingerprint density at radius 3 is 3.10 bits per heavy atom. The van der Waals surface area contributed by atoms with E-state index in [-0.39, 0.29) is 0 Å². The molecular formula is C9H14O. The van der Waals surface area contributed by atoms with Gasteiger partial charge in [-0.3, -0.25) is 0 Å². The highest BCUT2D eigenvalue weighted by Crippen LogP contribution is 2.21. The Balaban J connectivity index is 2.56. The maximum absolute atomic E-state index is 5.39. The van der Waals surface area contributed by atoms with Crippen LogP contribution in [0.5, 0.6) is 0 Å². The summed E-state index contributed by atoms with van der Waals surface area (Å²) in [4.78, 5) is 0. The van der Waals surface area contributed by atoms with Gasteiger partial charge in [0.15, 0.2) is 0 Å². The van der Waals surface area contributed by atoms with Crippen LogP contribution in [0.3, 0.4) is 0 Å². The molecule has 1 saturated heterocycles. The molecule has 0 aromatic rings. The lowest BCUT2D eigenvalue weighted by molar-refractivity contribution is 0.193. The minimum atomic E-state index is 0.866. The van der Waals surface area contributed by atoms with Crippen molar-refractivity contribution in [1.82, 2.24) is 0 Å². The van der Waals surface area contributed by atoms with E-state index < -0.39 is 0 Å². The molecule has 1 aliphatic heterocycles. The van der Waals surface area contributed by atoms with Gasteiger partial charge in [-0.15, -0.1) is 0 Å². The summed E-state index contributed by atoms with van der Waals surface area (Å²) < 4.78 is 5.39. The van der Waals surface area contributed by atoms with Gasteiger partial charge in [0.25, 0.3) is 0 Å². The van der Waals surface area contributed by atoms with Gasteiger partial charge in [0.2, 0.25) is 0 Å². The maximum Gasteiger partial charge on any atom is 0.117 e. The first-order valence-electron chi connectivity index (χ1n) is 3.85. The Hall–Kier alpha value is -0.720. The first-order chi connectivity index (χ1) is 4.84. The Labute approximate surface area is 62.4 Å². The minimum absolute atomic E-state index is 0.866. The molecule has 56 valence electrons. The van der Waals surface area contributed by atoms with Gasteiger partial charge < -0.3 is 4.74 Å². The van der Waals surface area contributed by atoms with Gasteiger partial charge in [-0.05, 0) is 30.9 Å². The number of rotatable bonds is 1. The molecule has 0 atom stereocenters. The fourth-order valence-corrected chi connectivity index (χ4v) is 1.08. The molecule has 0 radical (unpaired) electrons. The summed E-state index contributed by atoms with van der Waals surface area (Å²) in [6, 6.07) is 0. The number of allylic oxidation sites excluding steroid dienone is 2. The van der Waals surface area contributed by atoms with Gasteiger partial charge in [0, 0.05) is 0 Å². The lowest BCUT2D eigenvalue weighted by Crippen LogP contribution is -2.05. The third kappa shape index (κ3) is 1.63. The summed E-state index contributed by atoms with van der Waals surface area (Å²) in [5.74, 6) is 1.02. The van der Waals surface area contributed by atoms with Gasteiger partial charge >= 0.3 is 0 Å². The van der Waals surface area contributed by atoms with Crippen LogP contribution in [-0.2, 0) is 4.74 Å². The average molecular weight is 138 g/mol. The third-order valence-corrected chi connectivity index (χ3v) is 1.62. The summed E-state index contributed by atoms with van der Waals surface area (Å²) in [7, 11) is 0. The predicted molar refractivity (Wildman–Crippen MR) is 42.7 cm³/mol. The molecule has 0 N–H and O–H groups in total. The van der Waals surface area contributed by atoms with Crippen LogP contribution < -0.4 is 0 Å². The zero-order valence-corrected chi connectivity index (χ0v) is 6.52. The van der Waals surface area contributed by atoms with Crippen molar-refractivity contribution in [3.8, 4) is 0 Å². The molecule has 0 unspecified atom stereocenters. The second-order valence-electron chi connectivity index (χ2n) is 2.53. The van der Waals surface area contributed by atoms with Crippen molar-refractivity contribution in [2.24, 2.45) is 0 Å². The highest BCUT2D eigenvalue weighted by Gasteiger charge is 2.08. The lowest BCUT2D eigenvalue weighted by atomic mass is 10.1. The average Bonchev–Trinajstić information content (AvgIpc) is 1.94. The molecule has 1 heterocycles. The topological polar surface area (TPSA) is 9.23 Å². The van der Waals surface area contributed by atoms with E-state index in [9.17, 15) is 0 Å². The van der Waals surface area contributed by atoms with Gasteiger partial charge in [-0.25, -0.2) is 0 Å². The molecule has 0 saturated carbocycles. The van der Waals surface area contributed by atoms with E-state index in [2.05, 4.69) is 19.6 Å². The van der Waals surface area contributed by atoms with E-state index in [4.69, 9.17) is 4.74 Å². The third-order valence-electron chi connectivity index (χ3n) is 1.62. The molecule has 0 aliphatic carbocycles. The molecule has 0 aromatic carbocycles. The van der Waals surface area contributed by atoms with Gasteiger partial charge in [-0.1, -0.05) is 13.5 Å². The molecule has 0 bridgehead atoms. The molecule has 1 rings (SSSR count). The van der Waals surface area contributed by atoms with Crippen molar-refractivity contribution in [1.29, 1.82) is 0 Å². The van der Waals surface area contributed by atoms with E-state index in [0.717, 1.165) is 37.2 Å². The SMILES string of the molecule is C=C1CCCOC1=CCC. The van der Waals surface area contributed by atoms with Crippen molar-refractivity contribution in [2.75, 3.05) is 6.61 Å². The van der Waals surface area contributed by atoms with Crippen LogP contribution >= 0.6 is 0 Å². The summed E-state index contributed by atoms with van der Waals surface area (Å²) >= 11 is 0. The quantitative estimate of drug-likeness (QED) is 0.541. The van der Waals surface area contributed by atoms with Gasteiger partial charge in [0.1, 0.15) is 5.76 Å². The van der Waals surface area contributed by atoms with Crippen LogP contribution in [0.2, 0.25) is 0 Å². The highest BCUT2D eigenvalue weighted by molar-refractivity contribution is 5.23. The zero-order valence-electron chi connectivity index (χ0n) is 6.52.